The fraction of sp³-hybridized carbons (Fsp3) is 0.500. The Hall–Kier alpha value is -3.47. The second-order valence-electron chi connectivity index (χ2n) is 10.6. The molecule has 0 saturated carbocycles. The van der Waals surface area contributed by atoms with Crippen LogP contribution in [0.5, 0.6) is 5.75 Å². The highest BCUT2D eigenvalue weighted by molar-refractivity contribution is 7.92. The van der Waals surface area contributed by atoms with E-state index in [0.29, 0.717) is 11.3 Å². The van der Waals surface area contributed by atoms with Crippen molar-refractivity contribution < 1.29 is 36.0 Å². The summed E-state index contributed by atoms with van der Waals surface area (Å²) in [5.41, 5.74) is 0.783. The number of hydrogen-bond acceptors (Lipinski definition) is 10. The molecule has 0 unspecified atom stereocenters. The average molecular weight is 625 g/mol. The fourth-order valence-electron chi connectivity index (χ4n) is 4.81. The molecule has 2 aromatic heterocycles. The highest BCUT2D eigenvalue weighted by Gasteiger charge is 2.34. The number of benzene rings is 1. The number of aryl methyl sites for hydroxylation is 3. The summed E-state index contributed by atoms with van der Waals surface area (Å²) in [5.74, 6) is -0.207. The van der Waals surface area contributed by atoms with E-state index in [2.05, 4.69) is 14.9 Å². The molecule has 42 heavy (non-hydrogen) atoms. The molecule has 0 fully saturated rings. The van der Waals surface area contributed by atoms with Crippen LogP contribution in [0.4, 0.5) is 5.69 Å². The first-order valence-corrected chi connectivity index (χ1v) is 16.2. The van der Waals surface area contributed by atoms with Gasteiger partial charge in [-0.15, -0.1) is 0 Å². The molecule has 3 atom stereocenters. The zero-order valence-corrected chi connectivity index (χ0v) is 25.9. The highest BCUT2D eigenvalue weighted by atomic mass is 32.2. The van der Waals surface area contributed by atoms with Gasteiger partial charge in [0.05, 0.1) is 31.9 Å². The lowest BCUT2D eigenvalue weighted by Crippen LogP contribution is -2.48. The molecular weight excluding hydrogens is 588 g/mol. The summed E-state index contributed by atoms with van der Waals surface area (Å²) < 4.78 is 69.2. The number of anilines is 1. The summed E-state index contributed by atoms with van der Waals surface area (Å²) in [7, 11) is -4.89. The molecule has 14 nitrogen and oxygen atoms in total. The Morgan fingerprint density at radius 1 is 1.24 bits per heavy atom. The molecule has 1 aromatic carbocycles. The number of aliphatic hydroxyl groups excluding tert-OH is 1. The van der Waals surface area contributed by atoms with Crippen molar-refractivity contribution in [2.24, 2.45) is 13.0 Å². The molecule has 1 aliphatic rings. The first-order chi connectivity index (χ1) is 19.6. The Kier molecular flexibility index (Phi) is 9.01. The summed E-state index contributed by atoms with van der Waals surface area (Å²) in [4.78, 5) is 18.9. The molecular formula is C26H36N6O8S2. The molecule has 4 rings (SSSR count). The molecule has 0 radical (unpaired) electrons. The van der Waals surface area contributed by atoms with E-state index in [1.54, 1.807) is 20.0 Å². The zero-order chi connectivity index (χ0) is 31.0. The smallest absolute Gasteiger partial charge is 0.267 e. The Bertz CT molecular complexity index is 1650. The Labute approximate surface area is 245 Å². The first kappa shape index (κ1) is 31.5. The first-order valence-electron chi connectivity index (χ1n) is 13.2. The van der Waals surface area contributed by atoms with Gasteiger partial charge in [-0.25, -0.2) is 21.8 Å². The Morgan fingerprint density at radius 3 is 2.55 bits per heavy atom. The van der Waals surface area contributed by atoms with Gasteiger partial charge < -0.3 is 23.8 Å². The summed E-state index contributed by atoms with van der Waals surface area (Å²) in [6, 6.07) is 4.04. The van der Waals surface area contributed by atoms with E-state index >= 15 is 0 Å². The van der Waals surface area contributed by atoms with Crippen LogP contribution >= 0.6 is 0 Å². The van der Waals surface area contributed by atoms with E-state index in [0.717, 1.165) is 4.31 Å². The molecule has 1 aliphatic heterocycles. The maximum Gasteiger partial charge on any atom is 0.267 e. The number of sulfonamides is 2. The van der Waals surface area contributed by atoms with Crippen molar-refractivity contribution in [3.8, 4) is 5.75 Å². The number of amides is 1. The van der Waals surface area contributed by atoms with Gasteiger partial charge >= 0.3 is 0 Å². The second kappa shape index (κ2) is 12.0. The maximum atomic E-state index is 13.5. The minimum Gasteiger partial charge on any atom is -0.488 e. The van der Waals surface area contributed by atoms with Crippen molar-refractivity contribution in [3.05, 3.63) is 47.7 Å². The van der Waals surface area contributed by atoms with Crippen molar-refractivity contribution in [1.82, 2.24) is 23.9 Å². The monoisotopic (exact) mass is 624 g/mol. The number of aromatic nitrogens is 3. The number of nitrogens with zero attached hydrogens (tertiary/aromatic N) is 5. The van der Waals surface area contributed by atoms with Crippen LogP contribution in [0, 0.1) is 19.8 Å². The lowest BCUT2D eigenvalue weighted by Gasteiger charge is -2.33. The number of ether oxygens (including phenoxy) is 1. The lowest BCUT2D eigenvalue weighted by molar-refractivity contribution is -0.134. The number of nitrogens with one attached hydrogen (secondary N) is 1. The number of fused-ring (bicyclic) bond motifs is 1. The van der Waals surface area contributed by atoms with Crippen LogP contribution in [0.15, 0.2) is 45.2 Å². The Morgan fingerprint density at radius 2 is 1.95 bits per heavy atom. The van der Waals surface area contributed by atoms with Gasteiger partial charge in [0.25, 0.3) is 20.0 Å². The molecule has 3 heterocycles. The largest absolute Gasteiger partial charge is 0.488 e. The highest BCUT2D eigenvalue weighted by Crippen LogP contribution is 2.31. The van der Waals surface area contributed by atoms with Crippen molar-refractivity contribution in [1.29, 1.82) is 0 Å². The van der Waals surface area contributed by atoms with E-state index in [4.69, 9.17) is 9.26 Å². The third-order valence-electron chi connectivity index (χ3n) is 7.20. The van der Waals surface area contributed by atoms with Crippen LogP contribution in [-0.2, 0) is 38.3 Å². The number of hydrogen-bond donors (Lipinski definition) is 2. The van der Waals surface area contributed by atoms with Crippen LogP contribution in [-0.4, -0.2) is 90.7 Å². The van der Waals surface area contributed by atoms with E-state index in [9.17, 15) is 26.7 Å². The maximum absolute atomic E-state index is 13.5. The average Bonchev–Trinajstić information content (AvgIpc) is 3.52. The Balaban J connectivity index is 1.70. The molecule has 0 bridgehead atoms. The molecule has 0 saturated heterocycles. The number of carbonyl (C=O) groups excluding carboxylic acids is 1. The number of imidazole rings is 1. The molecule has 0 aliphatic carbocycles. The van der Waals surface area contributed by atoms with Gasteiger partial charge in [0.15, 0.2) is 15.7 Å². The van der Waals surface area contributed by atoms with Gasteiger partial charge in [-0.2, -0.15) is 4.31 Å². The summed E-state index contributed by atoms with van der Waals surface area (Å²) in [6.45, 7) is 6.43. The topological polar surface area (TPSA) is 177 Å². The number of rotatable bonds is 9. The number of aliphatic hydroxyl groups is 1. The molecule has 2 N–H and O–H groups in total. The van der Waals surface area contributed by atoms with Crippen LogP contribution < -0.4 is 9.46 Å². The zero-order valence-electron chi connectivity index (χ0n) is 24.3. The quantitative estimate of drug-likeness (QED) is 0.353. The van der Waals surface area contributed by atoms with Crippen LogP contribution in [0.2, 0.25) is 0 Å². The number of carbonyl (C=O) groups is 1. The van der Waals surface area contributed by atoms with Crippen molar-refractivity contribution in [3.63, 3.8) is 0 Å². The van der Waals surface area contributed by atoms with Crippen LogP contribution in [0.25, 0.3) is 0 Å². The third kappa shape index (κ3) is 6.45. The van der Waals surface area contributed by atoms with Crippen molar-refractivity contribution in [2.45, 2.75) is 56.2 Å². The molecule has 1 amide bonds. The third-order valence-corrected chi connectivity index (χ3v) is 10.5. The van der Waals surface area contributed by atoms with Crippen molar-refractivity contribution in [2.75, 3.05) is 31.5 Å². The van der Waals surface area contributed by atoms with Crippen LogP contribution in [0.1, 0.15) is 30.9 Å². The lowest BCUT2D eigenvalue weighted by atomic mass is 10.0. The molecule has 230 valence electrons. The SMILES string of the molecule is Cc1noc(C)c1S(=O)(=O)Nc1ccc2c(c1)CC(=O)N([C@H](C)CO)C[C@@H](C)[C@@H](CN(C)S(=O)(=O)c1cn(C)cn1)O2. The minimum absolute atomic E-state index is 0.0600. The van der Waals surface area contributed by atoms with Gasteiger partial charge in [-0.3, -0.25) is 9.52 Å². The van der Waals surface area contributed by atoms with E-state index in [1.165, 1.54) is 55.0 Å². The van der Waals surface area contributed by atoms with Crippen LogP contribution in [0.3, 0.4) is 0 Å². The van der Waals surface area contributed by atoms with Gasteiger partial charge in [0.2, 0.25) is 5.91 Å². The number of likely N-dealkylation sites (N-methyl/N-ethyl adjacent to an activating group) is 1. The normalized spacial score (nSPS) is 19.0. The molecule has 16 heteroatoms. The molecule has 0 spiro atoms. The minimum atomic E-state index is -4.06. The van der Waals surface area contributed by atoms with Gasteiger partial charge in [-0.05, 0) is 39.0 Å². The standard InChI is InChI=1S/C26H36N6O8S2/c1-16-11-32(17(2)14-33)25(34)10-20-9-21(29-41(35,36)26-18(3)28-40-19(26)4)7-8-22(20)39-23(16)12-31(6)42(37,38)24-13-30(5)15-27-24/h7-9,13,15-17,23,29,33H,10-12,14H2,1-6H3/t16-,17-,23-/m1/s1. The van der Waals surface area contributed by atoms with Crippen molar-refractivity contribution >= 4 is 31.6 Å². The summed E-state index contributed by atoms with van der Waals surface area (Å²) in [6.07, 6.45) is 1.95. The summed E-state index contributed by atoms with van der Waals surface area (Å²) in [5, 5.41) is 13.5. The van der Waals surface area contributed by atoms with Gasteiger partial charge in [0, 0.05) is 44.0 Å². The van der Waals surface area contributed by atoms with E-state index < -0.39 is 32.2 Å². The second-order valence-corrected chi connectivity index (χ2v) is 14.2. The van der Waals surface area contributed by atoms with Gasteiger partial charge in [0.1, 0.15) is 17.5 Å². The predicted molar refractivity (Wildman–Crippen MR) is 152 cm³/mol. The predicted octanol–water partition coefficient (Wildman–Crippen LogP) is 1.30. The van der Waals surface area contributed by atoms with E-state index in [1.807, 2.05) is 6.92 Å². The summed E-state index contributed by atoms with van der Waals surface area (Å²) >= 11 is 0. The van der Waals surface area contributed by atoms with Gasteiger partial charge in [-0.1, -0.05) is 12.1 Å². The van der Waals surface area contributed by atoms with E-state index in [-0.39, 0.29) is 65.0 Å². The fourth-order valence-corrected chi connectivity index (χ4v) is 7.33. The molecule has 3 aromatic rings.